The summed E-state index contributed by atoms with van der Waals surface area (Å²) in [6.07, 6.45) is 1.34. The molecule has 0 atom stereocenters. The van der Waals surface area contributed by atoms with Crippen LogP contribution in [0.4, 0.5) is 5.69 Å². The van der Waals surface area contributed by atoms with Crippen LogP contribution in [0.1, 0.15) is 36.5 Å². The van der Waals surface area contributed by atoms with E-state index in [4.69, 9.17) is 4.74 Å². The van der Waals surface area contributed by atoms with Gasteiger partial charge in [0.15, 0.2) is 0 Å². The highest BCUT2D eigenvalue weighted by atomic mass is 79.9. The summed E-state index contributed by atoms with van der Waals surface area (Å²) in [5, 5.41) is 0. The van der Waals surface area contributed by atoms with Crippen LogP contribution in [0, 0.1) is 13.8 Å². The molecule has 1 amide bonds. The molecule has 0 aliphatic rings. The average molecular weight is 530 g/mol. The number of ether oxygens (including phenoxy) is 1. The third-order valence-electron chi connectivity index (χ3n) is 5.25. The molecule has 0 unspecified atom stereocenters. The lowest BCUT2D eigenvalue weighted by atomic mass is 10.2. The summed E-state index contributed by atoms with van der Waals surface area (Å²) in [6, 6.07) is 19.3. The fourth-order valence-corrected chi connectivity index (χ4v) is 5.29. The van der Waals surface area contributed by atoms with Gasteiger partial charge in [0.2, 0.25) is 5.91 Å². The Morgan fingerprint density at radius 1 is 0.939 bits per heavy atom. The quantitative estimate of drug-likeness (QED) is 0.309. The summed E-state index contributed by atoms with van der Waals surface area (Å²) >= 11 is 3.51. The molecule has 3 rings (SSSR count). The Balaban J connectivity index is 1.75. The van der Waals surface area contributed by atoms with E-state index in [1.807, 2.05) is 32.0 Å². The van der Waals surface area contributed by atoms with E-state index >= 15 is 0 Å². The third-order valence-corrected chi connectivity index (χ3v) is 7.63. The Bertz CT molecular complexity index is 1210. The van der Waals surface area contributed by atoms with Crippen molar-refractivity contribution in [1.82, 2.24) is 0 Å². The predicted molar refractivity (Wildman–Crippen MR) is 135 cm³/mol. The first-order chi connectivity index (χ1) is 15.7. The number of carbonyl (C=O) groups is 1. The zero-order valence-corrected chi connectivity index (χ0v) is 21.4. The average Bonchev–Trinajstić information content (AvgIpc) is 2.79. The van der Waals surface area contributed by atoms with Crippen molar-refractivity contribution in [3.8, 4) is 5.75 Å². The maximum Gasteiger partial charge on any atom is 0.270 e. The Kier molecular flexibility index (Phi) is 8.32. The van der Waals surface area contributed by atoms with Crippen LogP contribution in [-0.2, 0) is 21.2 Å². The van der Waals surface area contributed by atoms with Gasteiger partial charge in [0.05, 0.1) is 21.7 Å². The summed E-state index contributed by atoms with van der Waals surface area (Å²) < 4.78 is 34.4. The van der Waals surface area contributed by atoms with Crippen LogP contribution in [0.25, 0.3) is 0 Å². The van der Waals surface area contributed by atoms with E-state index in [1.165, 1.54) is 17.7 Å². The molecule has 5 nitrogen and oxygen atoms in total. The number of hydrogen-bond acceptors (Lipinski definition) is 4. The van der Waals surface area contributed by atoms with E-state index in [9.17, 15) is 13.2 Å². The van der Waals surface area contributed by atoms with Crippen LogP contribution in [0.15, 0.2) is 76.1 Å². The van der Waals surface area contributed by atoms with E-state index < -0.39 is 15.9 Å². The first kappa shape index (κ1) is 25.0. The number of amides is 1. The van der Waals surface area contributed by atoms with Crippen molar-refractivity contribution in [2.24, 2.45) is 0 Å². The van der Waals surface area contributed by atoms with E-state index in [-0.39, 0.29) is 11.3 Å². The highest BCUT2D eigenvalue weighted by Gasteiger charge is 2.30. The summed E-state index contributed by atoms with van der Waals surface area (Å²) in [7, 11) is -4.05. The van der Waals surface area contributed by atoms with Crippen molar-refractivity contribution in [3.05, 3.63) is 87.9 Å². The molecule has 0 aliphatic carbocycles. The van der Waals surface area contributed by atoms with E-state index in [0.29, 0.717) is 24.5 Å². The minimum Gasteiger partial charge on any atom is -0.492 e. The fourth-order valence-electron chi connectivity index (χ4n) is 3.30. The molecule has 0 N–H and O–H groups in total. The van der Waals surface area contributed by atoms with Gasteiger partial charge in [0.1, 0.15) is 5.75 Å². The van der Waals surface area contributed by atoms with Crippen LogP contribution < -0.4 is 9.04 Å². The van der Waals surface area contributed by atoms with Gasteiger partial charge in [0, 0.05) is 6.42 Å². The highest BCUT2D eigenvalue weighted by molar-refractivity contribution is 9.10. The summed E-state index contributed by atoms with van der Waals surface area (Å²) in [5.41, 5.74) is 3.44. The number of anilines is 1. The van der Waals surface area contributed by atoms with Gasteiger partial charge in [-0.2, -0.15) is 0 Å². The van der Waals surface area contributed by atoms with Crippen molar-refractivity contribution >= 4 is 37.5 Å². The van der Waals surface area contributed by atoms with E-state index in [0.717, 1.165) is 26.3 Å². The van der Waals surface area contributed by atoms with E-state index in [2.05, 4.69) is 22.9 Å². The standard InChI is InChI=1S/C26H28BrNO4S/c1-4-21-11-16-25(24(27)18-21)32-17-5-6-26(29)28(22-12-7-19(2)8-13-22)33(30,31)23-14-9-20(3)10-15-23/h7-16,18H,4-6,17H2,1-3H3. The van der Waals surface area contributed by atoms with Crippen LogP contribution in [0.5, 0.6) is 5.75 Å². The molecule has 7 heteroatoms. The summed E-state index contributed by atoms with van der Waals surface area (Å²) in [4.78, 5) is 13.2. The monoisotopic (exact) mass is 529 g/mol. The number of nitrogens with zero attached hydrogens (tertiary/aromatic N) is 1. The first-order valence-electron chi connectivity index (χ1n) is 10.8. The van der Waals surface area contributed by atoms with E-state index in [1.54, 1.807) is 36.4 Å². The van der Waals surface area contributed by atoms with Gasteiger partial charge in [-0.3, -0.25) is 4.79 Å². The Morgan fingerprint density at radius 2 is 1.55 bits per heavy atom. The zero-order chi connectivity index (χ0) is 24.0. The second kappa shape index (κ2) is 11.0. The van der Waals surface area contributed by atoms with Crippen molar-refractivity contribution < 1.29 is 17.9 Å². The fraction of sp³-hybridized carbons (Fsp3) is 0.269. The van der Waals surface area contributed by atoms with Gasteiger partial charge in [0.25, 0.3) is 10.0 Å². The zero-order valence-electron chi connectivity index (χ0n) is 19.0. The van der Waals surface area contributed by atoms with Crippen LogP contribution in [0.3, 0.4) is 0 Å². The lowest BCUT2D eigenvalue weighted by molar-refractivity contribution is -0.117. The molecule has 0 bridgehead atoms. The molecule has 0 radical (unpaired) electrons. The molecule has 3 aromatic rings. The Labute approximate surface area is 204 Å². The number of carbonyl (C=O) groups excluding carboxylic acids is 1. The van der Waals surface area contributed by atoms with Crippen LogP contribution in [0.2, 0.25) is 0 Å². The van der Waals surface area contributed by atoms with Gasteiger partial charge in [-0.05, 0) is 84.6 Å². The number of rotatable bonds is 9. The molecule has 0 saturated heterocycles. The number of aryl methyl sites for hydroxylation is 3. The lowest BCUT2D eigenvalue weighted by Crippen LogP contribution is -2.37. The normalized spacial score (nSPS) is 11.3. The number of benzene rings is 3. The molecule has 0 fully saturated rings. The second-order valence-electron chi connectivity index (χ2n) is 7.88. The Morgan fingerprint density at radius 3 is 2.12 bits per heavy atom. The summed E-state index contributed by atoms with van der Waals surface area (Å²) in [6.45, 7) is 6.17. The summed E-state index contributed by atoms with van der Waals surface area (Å²) in [5.74, 6) is 0.200. The number of sulfonamides is 1. The lowest BCUT2D eigenvalue weighted by Gasteiger charge is -2.23. The third kappa shape index (κ3) is 6.24. The maximum atomic E-state index is 13.4. The first-order valence-corrected chi connectivity index (χ1v) is 13.1. The molecule has 174 valence electrons. The van der Waals surface area contributed by atoms with Gasteiger partial charge in [-0.25, -0.2) is 12.7 Å². The van der Waals surface area contributed by atoms with Crippen molar-refractivity contribution in [2.45, 2.75) is 44.9 Å². The van der Waals surface area contributed by atoms with Crippen LogP contribution in [-0.4, -0.2) is 20.9 Å². The number of halogens is 1. The number of hydrogen-bond donors (Lipinski definition) is 0. The van der Waals surface area contributed by atoms with Gasteiger partial charge in [-0.15, -0.1) is 0 Å². The van der Waals surface area contributed by atoms with Crippen LogP contribution >= 0.6 is 15.9 Å². The smallest absolute Gasteiger partial charge is 0.270 e. The molecular weight excluding hydrogens is 502 g/mol. The molecule has 0 spiro atoms. The minimum atomic E-state index is -4.05. The van der Waals surface area contributed by atoms with Gasteiger partial charge in [-0.1, -0.05) is 48.4 Å². The molecule has 3 aromatic carbocycles. The molecule has 0 aromatic heterocycles. The Hall–Kier alpha value is -2.64. The highest BCUT2D eigenvalue weighted by Crippen LogP contribution is 2.28. The molecular formula is C26H28BrNO4S. The predicted octanol–water partition coefficient (Wildman–Crippen LogP) is 6.21. The SMILES string of the molecule is CCc1ccc(OCCCC(=O)N(c2ccc(C)cc2)S(=O)(=O)c2ccc(C)cc2)c(Br)c1. The molecule has 0 heterocycles. The second-order valence-corrected chi connectivity index (χ2v) is 10.5. The van der Waals surface area contributed by atoms with Crippen molar-refractivity contribution in [2.75, 3.05) is 10.9 Å². The minimum absolute atomic E-state index is 0.0314. The topological polar surface area (TPSA) is 63.7 Å². The molecule has 33 heavy (non-hydrogen) atoms. The molecule has 0 aliphatic heterocycles. The van der Waals surface area contributed by atoms with Gasteiger partial charge >= 0.3 is 0 Å². The molecule has 0 saturated carbocycles. The van der Waals surface area contributed by atoms with Crippen molar-refractivity contribution in [1.29, 1.82) is 0 Å². The van der Waals surface area contributed by atoms with Crippen molar-refractivity contribution in [3.63, 3.8) is 0 Å². The maximum absolute atomic E-state index is 13.4. The largest absolute Gasteiger partial charge is 0.492 e. The van der Waals surface area contributed by atoms with Gasteiger partial charge < -0.3 is 4.74 Å².